The second-order valence-corrected chi connectivity index (χ2v) is 7.35. The standard InChI is InChI=1S/C19H37N3O2.HI/c1-4-8-15(9-12-23)14-21-18(20-5-2)22-16-13-17(24-6-3)19(16)10-7-11-19;/h15-17,23H,4-14H2,1-3H3,(H2,20,21,22);1H. The van der Waals surface area contributed by atoms with Crippen molar-refractivity contribution in [1.82, 2.24) is 10.6 Å². The normalized spacial score (nSPS) is 25.5. The topological polar surface area (TPSA) is 65.9 Å². The van der Waals surface area contributed by atoms with E-state index in [4.69, 9.17) is 9.73 Å². The van der Waals surface area contributed by atoms with Crippen LogP contribution in [0.25, 0.3) is 0 Å². The number of halogens is 1. The summed E-state index contributed by atoms with van der Waals surface area (Å²) in [6.07, 6.45) is 8.51. The first kappa shape index (κ1) is 23.0. The van der Waals surface area contributed by atoms with E-state index in [0.717, 1.165) is 51.3 Å². The van der Waals surface area contributed by atoms with Crippen LogP contribution in [0.5, 0.6) is 0 Å². The summed E-state index contributed by atoms with van der Waals surface area (Å²) < 4.78 is 5.94. The molecule has 0 aromatic rings. The van der Waals surface area contributed by atoms with E-state index < -0.39 is 0 Å². The zero-order chi connectivity index (χ0) is 17.4. The number of aliphatic imine (C=N–C) groups is 1. The number of aliphatic hydroxyl groups excluding tert-OH is 1. The molecular formula is C19H38IN3O2. The number of nitrogens with zero attached hydrogens (tertiary/aromatic N) is 1. The minimum atomic E-state index is 0. The molecule has 2 rings (SSSR count). The first-order valence-corrected chi connectivity index (χ1v) is 9.97. The second-order valence-electron chi connectivity index (χ2n) is 7.35. The zero-order valence-corrected chi connectivity index (χ0v) is 18.6. The lowest BCUT2D eigenvalue weighted by Gasteiger charge is -2.61. The number of hydrogen-bond donors (Lipinski definition) is 3. The van der Waals surface area contributed by atoms with Gasteiger partial charge in [0.25, 0.3) is 0 Å². The van der Waals surface area contributed by atoms with Crippen LogP contribution in [-0.4, -0.2) is 49.5 Å². The number of rotatable bonds is 10. The van der Waals surface area contributed by atoms with Gasteiger partial charge in [-0.25, -0.2) is 0 Å². The number of ether oxygens (including phenoxy) is 1. The fourth-order valence-electron chi connectivity index (χ4n) is 4.26. The highest BCUT2D eigenvalue weighted by Crippen LogP contribution is 2.57. The predicted octanol–water partition coefficient (Wildman–Crippen LogP) is 3.31. The van der Waals surface area contributed by atoms with E-state index >= 15 is 0 Å². The van der Waals surface area contributed by atoms with Gasteiger partial charge in [0, 0.05) is 37.8 Å². The van der Waals surface area contributed by atoms with Crippen molar-refractivity contribution < 1.29 is 9.84 Å². The molecule has 148 valence electrons. The Bertz CT molecular complexity index is 396. The van der Waals surface area contributed by atoms with Gasteiger partial charge in [0.1, 0.15) is 0 Å². The van der Waals surface area contributed by atoms with Gasteiger partial charge in [0.15, 0.2) is 5.96 Å². The van der Waals surface area contributed by atoms with Crippen LogP contribution in [0.4, 0.5) is 0 Å². The van der Waals surface area contributed by atoms with Crippen LogP contribution in [0.1, 0.15) is 65.7 Å². The van der Waals surface area contributed by atoms with Gasteiger partial charge in [-0.05, 0) is 51.9 Å². The number of guanidine groups is 1. The van der Waals surface area contributed by atoms with Crippen LogP contribution in [0.2, 0.25) is 0 Å². The van der Waals surface area contributed by atoms with Gasteiger partial charge >= 0.3 is 0 Å². The number of aliphatic hydroxyl groups is 1. The molecule has 2 aliphatic rings. The van der Waals surface area contributed by atoms with Gasteiger partial charge in [-0.1, -0.05) is 19.8 Å². The molecule has 0 bridgehead atoms. The lowest BCUT2D eigenvalue weighted by molar-refractivity contribution is -0.168. The number of hydrogen-bond acceptors (Lipinski definition) is 3. The van der Waals surface area contributed by atoms with Crippen LogP contribution in [0.3, 0.4) is 0 Å². The van der Waals surface area contributed by atoms with E-state index in [1.807, 2.05) is 0 Å². The molecule has 0 aromatic carbocycles. The highest BCUT2D eigenvalue weighted by Gasteiger charge is 2.59. The van der Waals surface area contributed by atoms with Crippen LogP contribution in [-0.2, 0) is 4.74 Å². The molecule has 0 radical (unpaired) electrons. The first-order chi connectivity index (χ1) is 11.7. The third kappa shape index (κ3) is 5.70. The quantitative estimate of drug-likeness (QED) is 0.262. The smallest absolute Gasteiger partial charge is 0.191 e. The largest absolute Gasteiger partial charge is 0.396 e. The van der Waals surface area contributed by atoms with Gasteiger partial charge < -0.3 is 20.5 Å². The summed E-state index contributed by atoms with van der Waals surface area (Å²) in [6, 6.07) is 0.489. The fourth-order valence-corrected chi connectivity index (χ4v) is 4.26. The Morgan fingerprint density at radius 3 is 2.56 bits per heavy atom. The highest BCUT2D eigenvalue weighted by molar-refractivity contribution is 14.0. The Morgan fingerprint density at radius 2 is 2.04 bits per heavy atom. The molecule has 3 unspecified atom stereocenters. The molecule has 6 heteroatoms. The lowest BCUT2D eigenvalue weighted by Crippen LogP contribution is -2.68. The summed E-state index contributed by atoms with van der Waals surface area (Å²) in [5, 5.41) is 16.3. The molecule has 0 saturated heterocycles. The molecule has 25 heavy (non-hydrogen) atoms. The van der Waals surface area contributed by atoms with E-state index in [1.165, 1.54) is 19.3 Å². The third-order valence-electron chi connectivity index (χ3n) is 5.83. The summed E-state index contributed by atoms with van der Waals surface area (Å²) in [6.45, 7) is 9.13. The van der Waals surface area contributed by atoms with Gasteiger partial charge in [-0.2, -0.15) is 0 Å². The first-order valence-electron chi connectivity index (χ1n) is 9.97. The highest BCUT2D eigenvalue weighted by atomic mass is 127. The average molecular weight is 467 g/mol. The molecule has 2 aliphatic carbocycles. The zero-order valence-electron chi connectivity index (χ0n) is 16.2. The minimum Gasteiger partial charge on any atom is -0.396 e. The van der Waals surface area contributed by atoms with E-state index in [9.17, 15) is 5.11 Å². The maximum atomic E-state index is 9.22. The molecule has 0 aliphatic heterocycles. The van der Waals surface area contributed by atoms with Gasteiger partial charge in [-0.15, -0.1) is 24.0 Å². The SMILES string of the molecule is CCCC(CCO)CN=C(NCC)NC1CC(OCC)C12CCC2.I. The Hall–Kier alpha value is -0.0800. The summed E-state index contributed by atoms with van der Waals surface area (Å²) in [5.74, 6) is 1.41. The Morgan fingerprint density at radius 1 is 1.28 bits per heavy atom. The van der Waals surface area contributed by atoms with Crippen molar-refractivity contribution in [2.75, 3.05) is 26.3 Å². The molecule has 5 nitrogen and oxygen atoms in total. The molecule has 3 atom stereocenters. The fraction of sp³-hybridized carbons (Fsp3) is 0.947. The van der Waals surface area contributed by atoms with Crippen molar-refractivity contribution in [1.29, 1.82) is 0 Å². The van der Waals surface area contributed by atoms with E-state index in [1.54, 1.807) is 0 Å². The summed E-state index contributed by atoms with van der Waals surface area (Å²) >= 11 is 0. The van der Waals surface area contributed by atoms with Gasteiger partial charge in [0.2, 0.25) is 0 Å². The van der Waals surface area contributed by atoms with Crippen molar-refractivity contribution in [3.8, 4) is 0 Å². The monoisotopic (exact) mass is 467 g/mol. The van der Waals surface area contributed by atoms with Crippen molar-refractivity contribution in [3.05, 3.63) is 0 Å². The molecule has 0 heterocycles. The third-order valence-corrected chi connectivity index (χ3v) is 5.83. The maximum absolute atomic E-state index is 9.22. The summed E-state index contributed by atoms with van der Waals surface area (Å²) in [4.78, 5) is 4.81. The lowest BCUT2D eigenvalue weighted by atomic mass is 9.51. The number of nitrogens with one attached hydrogen (secondary N) is 2. The van der Waals surface area contributed by atoms with Gasteiger partial charge in [-0.3, -0.25) is 4.99 Å². The second kappa shape index (κ2) is 11.6. The van der Waals surface area contributed by atoms with Crippen LogP contribution in [0, 0.1) is 11.3 Å². The molecule has 2 fully saturated rings. The molecule has 0 aromatic heterocycles. The van der Waals surface area contributed by atoms with Crippen molar-refractivity contribution in [2.45, 2.75) is 77.9 Å². The minimum absolute atomic E-state index is 0. The van der Waals surface area contributed by atoms with Crippen molar-refractivity contribution in [3.63, 3.8) is 0 Å². The Balaban J connectivity index is 0.00000312. The summed E-state index contributed by atoms with van der Waals surface area (Å²) in [7, 11) is 0. The molecule has 1 spiro atoms. The Kier molecular flexibility index (Phi) is 10.6. The van der Waals surface area contributed by atoms with Crippen molar-refractivity contribution in [2.24, 2.45) is 16.3 Å². The molecule has 2 saturated carbocycles. The molecule has 0 amide bonds. The van der Waals surface area contributed by atoms with Crippen LogP contribution < -0.4 is 10.6 Å². The van der Waals surface area contributed by atoms with Crippen molar-refractivity contribution >= 4 is 29.9 Å². The van der Waals surface area contributed by atoms with E-state index in [0.29, 0.717) is 23.5 Å². The average Bonchev–Trinajstić information content (AvgIpc) is 2.50. The Labute approximate surface area is 170 Å². The summed E-state index contributed by atoms with van der Waals surface area (Å²) in [5.41, 5.74) is 0.347. The van der Waals surface area contributed by atoms with E-state index in [-0.39, 0.29) is 30.6 Å². The van der Waals surface area contributed by atoms with Crippen LogP contribution >= 0.6 is 24.0 Å². The van der Waals surface area contributed by atoms with E-state index in [2.05, 4.69) is 31.4 Å². The predicted molar refractivity (Wildman–Crippen MR) is 115 cm³/mol. The maximum Gasteiger partial charge on any atom is 0.191 e. The molecular weight excluding hydrogens is 429 g/mol. The van der Waals surface area contributed by atoms with Crippen LogP contribution in [0.15, 0.2) is 4.99 Å². The van der Waals surface area contributed by atoms with Gasteiger partial charge in [0.05, 0.1) is 6.10 Å². The molecule has 3 N–H and O–H groups in total.